The van der Waals surface area contributed by atoms with Crippen LogP contribution in [0.3, 0.4) is 0 Å². The van der Waals surface area contributed by atoms with E-state index >= 15 is 0 Å². The van der Waals surface area contributed by atoms with Crippen molar-refractivity contribution in [3.8, 4) is 0 Å². The fraction of sp³-hybridized carbons (Fsp3) is 0.471. The van der Waals surface area contributed by atoms with Crippen molar-refractivity contribution in [1.82, 2.24) is 10.6 Å². The zero-order valence-electron chi connectivity index (χ0n) is 14.5. The van der Waals surface area contributed by atoms with Crippen molar-refractivity contribution < 1.29 is 19.1 Å². The van der Waals surface area contributed by atoms with E-state index in [0.29, 0.717) is 0 Å². The van der Waals surface area contributed by atoms with Gasteiger partial charge in [-0.3, -0.25) is 9.59 Å². The Bertz CT molecular complexity index is 581. The molecule has 4 N–H and O–H groups in total. The Morgan fingerprint density at radius 1 is 1.12 bits per heavy atom. The van der Waals surface area contributed by atoms with Crippen molar-refractivity contribution in [1.29, 1.82) is 0 Å². The van der Waals surface area contributed by atoms with Gasteiger partial charge in [0, 0.05) is 6.42 Å². The van der Waals surface area contributed by atoms with Gasteiger partial charge in [-0.05, 0) is 33.3 Å². The van der Waals surface area contributed by atoms with Gasteiger partial charge in [-0.2, -0.15) is 0 Å². The number of nitrogens with two attached hydrogens (primary N) is 1. The summed E-state index contributed by atoms with van der Waals surface area (Å²) in [6, 6.07) is 7.49. The minimum Gasteiger partial charge on any atom is -0.444 e. The molecule has 0 aliphatic carbocycles. The predicted octanol–water partition coefficient (Wildman–Crippen LogP) is 1.11. The van der Waals surface area contributed by atoms with Crippen LogP contribution in [0.1, 0.15) is 33.3 Å². The molecule has 0 fully saturated rings. The summed E-state index contributed by atoms with van der Waals surface area (Å²) in [5, 5.41) is 5.02. The maximum Gasteiger partial charge on any atom is 0.408 e. The van der Waals surface area contributed by atoms with Gasteiger partial charge in [0.25, 0.3) is 0 Å². The molecule has 132 valence electrons. The number of nitrogens with one attached hydrogen (secondary N) is 2. The molecule has 24 heavy (non-hydrogen) atoms. The summed E-state index contributed by atoms with van der Waals surface area (Å²) < 4.78 is 5.19. The summed E-state index contributed by atoms with van der Waals surface area (Å²) in [7, 11) is 0. The molecule has 0 radical (unpaired) electrons. The molecule has 0 saturated carbocycles. The fourth-order valence-electron chi connectivity index (χ4n) is 1.89. The number of hydrogen-bond donors (Lipinski definition) is 3. The second-order valence-electron chi connectivity index (χ2n) is 6.52. The zero-order valence-corrected chi connectivity index (χ0v) is 14.5. The first kappa shape index (κ1) is 19.5. The van der Waals surface area contributed by atoms with E-state index in [1.807, 2.05) is 30.3 Å². The highest BCUT2D eigenvalue weighted by molar-refractivity contribution is 5.90. The molecule has 0 heterocycles. The van der Waals surface area contributed by atoms with Gasteiger partial charge >= 0.3 is 6.09 Å². The molecule has 1 aromatic rings. The van der Waals surface area contributed by atoms with Gasteiger partial charge in [-0.15, -0.1) is 0 Å². The van der Waals surface area contributed by atoms with Crippen LogP contribution in [0.5, 0.6) is 0 Å². The molecule has 7 heteroatoms. The van der Waals surface area contributed by atoms with Gasteiger partial charge in [0.1, 0.15) is 17.7 Å². The largest absolute Gasteiger partial charge is 0.444 e. The lowest BCUT2D eigenvalue weighted by Gasteiger charge is -2.24. The van der Waals surface area contributed by atoms with Crippen LogP contribution in [-0.4, -0.2) is 35.6 Å². The summed E-state index contributed by atoms with van der Waals surface area (Å²) in [5.41, 5.74) is 5.34. The average molecular weight is 335 g/mol. The Kier molecular flexibility index (Phi) is 6.76. The average Bonchev–Trinajstić information content (AvgIpc) is 2.45. The van der Waals surface area contributed by atoms with Gasteiger partial charge in [0.05, 0.1) is 0 Å². The minimum atomic E-state index is -0.885. The van der Waals surface area contributed by atoms with E-state index in [1.54, 1.807) is 20.8 Å². The van der Waals surface area contributed by atoms with Gasteiger partial charge in [-0.25, -0.2) is 4.79 Å². The highest BCUT2D eigenvalue weighted by Gasteiger charge is 2.26. The first-order valence-electron chi connectivity index (χ1n) is 7.71. The summed E-state index contributed by atoms with van der Waals surface area (Å²) in [6.07, 6.45) is -0.442. The van der Waals surface area contributed by atoms with E-state index in [-0.39, 0.29) is 6.42 Å². The van der Waals surface area contributed by atoms with E-state index in [2.05, 4.69) is 10.6 Å². The molecule has 0 aliphatic heterocycles. The molecule has 0 bridgehead atoms. The second-order valence-corrected chi connectivity index (χ2v) is 6.52. The van der Waals surface area contributed by atoms with Gasteiger partial charge < -0.3 is 21.1 Å². The van der Waals surface area contributed by atoms with E-state index in [9.17, 15) is 14.4 Å². The lowest BCUT2D eigenvalue weighted by Crippen LogP contribution is -2.53. The first-order chi connectivity index (χ1) is 11.1. The normalized spacial score (nSPS) is 13.5. The maximum absolute atomic E-state index is 12.4. The van der Waals surface area contributed by atoms with E-state index < -0.39 is 35.6 Å². The summed E-state index contributed by atoms with van der Waals surface area (Å²) in [4.78, 5) is 35.5. The van der Waals surface area contributed by atoms with Crippen LogP contribution in [0.4, 0.5) is 4.79 Å². The lowest BCUT2D eigenvalue weighted by molar-refractivity contribution is -0.128. The zero-order chi connectivity index (χ0) is 18.3. The molecule has 0 saturated heterocycles. The Morgan fingerprint density at radius 3 is 2.21 bits per heavy atom. The Hall–Kier alpha value is -2.57. The van der Waals surface area contributed by atoms with E-state index in [0.717, 1.165) is 5.56 Å². The molecular formula is C17H25N3O4. The summed E-state index contributed by atoms with van der Waals surface area (Å²) in [6.45, 7) is 6.67. The fourth-order valence-corrected chi connectivity index (χ4v) is 1.89. The molecule has 0 aromatic heterocycles. The monoisotopic (exact) mass is 335 g/mol. The molecule has 7 nitrogen and oxygen atoms in total. The molecule has 1 rings (SSSR count). The smallest absolute Gasteiger partial charge is 0.408 e. The van der Waals surface area contributed by atoms with Crippen LogP contribution in [0.15, 0.2) is 30.3 Å². The van der Waals surface area contributed by atoms with Crippen molar-refractivity contribution >= 4 is 17.9 Å². The van der Waals surface area contributed by atoms with Crippen LogP contribution in [0, 0.1) is 0 Å². The molecule has 2 atom stereocenters. The third-order valence-electron chi connectivity index (χ3n) is 3.08. The number of alkyl carbamates (subject to hydrolysis) is 1. The molecular weight excluding hydrogens is 310 g/mol. The van der Waals surface area contributed by atoms with Crippen LogP contribution < -0.4 is 16.4 Å². The quantitative estimate of drug-likeness (QED) is 0.723. The number of carbonyl (C=O) groups is 3. The van der Waals surface area contributed by atoms with Crippen molar-refractivity contribution in [2.24, 2.45) is 5.73 Å². The van der Waals surface area contributed by atoms with Crippen LogP contribution in [-0.2, 0) is 20.7 Å². The van der Waals surface area contributed by atoms with Gasteiger partial charge in [-0.1, -0.05) is 30.3 Å². The number of ether oxygens (including phenoxy) is 1. The van der Waals surface area contributed by atoms with E-state index in [4.69, 9.17) is 10.5 Å². The number of carbonyl (C=O) groups excluding carboxylic acids is 3. The number of primary amides is 1. The molecule has 3 amide bonds. The lowest BCUT2D eigenvalue weighted by atomic mass is 10.1. The number of amides is 3. The molecule has 0 unspecified atom stereocenters. The highest BCUT2D eigenvalue weighted by atomic mass is 16.6. The van der Waals surface area contributed by atoms with Crippen molar-refractivity contribution in [2.75, 3.05) is 0 Å². The molecule has 0 spiro atoms. The molecule has 1 aromatic carbocycles. The highest BCUT2D eigenvalue weighted by Crippen LogP contribution is 2.09. The number of hydrogen-bond acceptors (Lipinski definition) is 4. The molecule has 0 aliphatic rings. The standard InChI is InChI=1S/C17H25N3O4/c1-11(14(18)21)19-15(22)13(10-12-8-6-5-7-9-12)20-16(23)24-17(2,3)4/h5-9,11,13H,10H2,1-4H3,(H2,18,21)(H,19,22)(H,20,23)/t11-,13-/m1/s1. The van der Waals surface area contributed by atoms with Crippen LogP contribution in [0.25, 0.3) is 0 Å². The van der Waals surface area contributed by atoms with Crippen molar-refractivity contribution in [3.05, 3.63) is 35.9 Å². The minimum absolute atomic E-state index is 0.261. The van der Waals surface area contributed by atoms with E-state index in [1.165, 1.54) is 6.92 Å². The third-order valence-corrected chi connectivity index (χ3v) is 3.08. The number of rotatable bonds is 6. The second kappa shape index (κ2) is 8.33. The van der Waals surface area contributed by atoms with Gasteiger partial charge in [0.2, 0.25) is 11.8 Å². The Labute approximate surface area is 141 Å². The Morgan fingerprint density at radius 2 is 1.71 bits per heavy atom. The number of benzene rings is 1. The van der Waals surface area contributed by atoms with Crippen molar-refractivity contribution in [2.45, 2.75) is 51.8 Å². The van der Waals surface area contributed by atoms with Crippen molar-refractivity contribution in [3.63, 3.8) is 0 Å². The summed E-state index contributed by atoms with van der Waals surface area (Å²) in [5.74, 6) is -1.16. The maximum atomic E-state index is 12.4. The first-order valence-corrected chi connectivity index (χ1v) is 7.71. The van der Waals surface area contributed by atoms with Crippen LogP contribution >= 0.6 is 0 Å². The topological polar surface area (TPSA) is 111 Å². The third kappa shape index (κ3) is 7.13. The van der Waals surface area contributed by atoms with Crippen LogP contribution in [0.2, 0.25) is 0 Å². The Balaban J connectivity index is 2.84. The van der Waals surface area contributed by atoms with Gasteiger partial charge in [0.15, 0.2) is 0 Å². The summed E-state index contributed by atoms with van der Waals surface area (Å²) >= 11 is 0. The predicted molar refractivity (Wildman–Crippen MR) is 90.1 cm³/mol. The SMILES string of the molecule is C[C@@H](NC(=O)[C@@H](Cc1ccccc1)NC(=O)OC(C)(C)C)C(N)=O.